The van der Waals surface area contributed by atoms with Gasteiger partial charge in [-0.3, -0.25) is 0 Å². The summed E-state index contributed by atoms with van der Waals surface area (Å²) in [5.74, 6) is 0. The minimum atomic E-state index is 0.900. The van der Waals surface area contributed by atoms with E-state index in [1.54, 1.807) is 12.4 Å². The molecule has 0 saturated carbocycles. The lowest BCUT2D eigenvalue weighted by Crippen LogP contribution is -2.27. The lowest BCUT2D eigenvalue weighted by molar-refractivity contribution is -0.617. The zero-order valence-electron chi connectivity index (χ0n) is 13.0. The average molecular weight is 299 g/mol. The van der Waals surface area contributed by atoms with Gasteiger partial charge in [0.15, 0.2) is 11.0 Å². The largest absolute Gasteiger partial charge is 0.297 e. The van der Waals surface area contributed by atoms with Gasteiger partial charge >= 0.3 is 0 Å². The highest BCUT2D eigenvalue weighted by Crippen LogP contribution is 2.30. The molecule has 23 heavy (non-hydrogen) atoms. The predicted molar refractivity (Wildman–Crippen MR) is 91.4 cm³/mol. The fraction of sp³-hybridized carbons (Fsp3) is 0.105. The van der Waals surface area contributed by atoms with Gasteiger partial charge in [0, 0.05) is 17.8 Å². The van der Waals surface area contributed by atoms with E-state index < -0.39 is 0 Å². The van der Waals surface area contributed by atoms with Gasteiger partial charge in [0.25, 0.3) is 11.3 Å². The highest BCUT2D eigenvalue weighted by Gasteiger charge is 2.24. The fourth-order valence-corrected chi connectivity index (χ4v) is 3.66. The number of imidazole rings is 1. The summed E-state index contributed by atoms with van der Waals surface area (Å²) in [6, 6.07) is 14.8. The number of fused-ring (bicyclic) bond motifs is 8. The van der Waals surface area contributed by atoms with Crippen molar-refractivity contribution >= 4 is 38.6 Å². The first-order valence-electron chi connectivity index (χ1n) is 7.68. The Morgan fingerprint density at radius 2 is 1.78 bits per heavy atom. The van der Waals surface area contributed by atoms with Crippen LogP contribution in [0.2, 0.25) is 0 Å². The molecule has 0 amide bonds. The van der Waals surface area contributed by atoms with E-state index in [9.17, 15) is 0 Å². The van der Waals surface area contributed by atoms with Gasteiger partial charge in [-0.05, 0) is 24.6 Å². The average Bonchev–Trinajstić information content (AvgIpc) is 2.89. The fourth-order valence-electron chi connectivity index (χ4n) is 3.66. The summed E-state index contributed by atoms with van der Waals surface area (Å²) in [6.45, 7) is 2.15. The van der Waals surface area contributed by atoms with Gasteiger partial charge in [-0.15, -0.1) is 0 Å². The second-order valence-electron chi connectivity index (χ2n) is 5.93. The van der Waals surface area contributed by atoms with Crippen LogP contribution in [0.3, 0.4) is 0 Å². The Morgan fingerprint density at radius 1 is 0.957 bits per heavy atom. The van der Waals surface area contributed by atoms with Gasteiger partial charge in [-0.2, -0.15) is 4.40 Å². The van der Waals surface area contributed by atoms with Crippen LogP contribution in [0.5, 0.6) is 0 Å². The first-order chi connectivity index (χ1) is 11.3. The van der Waals surface area contributed by atoms with Crippen molar-refractivity contribution < 1.29 is 4.57 Å². The highest BCUT2D eigenvalue weighted by molar-refractivity contribution is 6.11. The molecule has 2 aromatic carbocycles. The third kappa shape index (κ3) is 1.47. The van der Waals surface area contributed by atoms with E-state index in [-0.39, 0.29) is 0 Å². The normalized spacial score (nSPS) is 11.9. The third-order valence-corrected chi connectivity index (χ3v) is 4.66. The molecule has 0 spiro atoms. The Morgan fingerprint density at radius 3 is 2.70 bits per heavy atom. The first-order valence-corrected chi connectivity index (χ1v) is 7.68. The summed E-state index contributed by atoms with van der Waals surface area (Å²) in [5.41, 5.74) is 6.60. The zero-order chi connectivity index (χ0) is 15.6. The summed E-state index contributed by atoms with van der Waals surface area (Å²) in [4.78, 5) is 9.26. The van der Waals surface area contributed by atoms with Crippen LogP contribution >= 0.6 is 0 Å². The van der Waals surface area contributed by atoms with E-state index in [2.05, 4.69) is 75.4 Å². The maximum atomic E-state index is 4.64. The van der Waals surface area contributed by atoms with E-state index in [1.807, 2.05) is 0 Å². The zero-order valence-corrected chi connectivity index (χ0v) is 13.0. The highest BCUT2D eigenvalue weighted by atomic mass is 15.1. The Balaban J connectivity index is 2.30. The van der Waals surface area contributed by atoms with Crippen molar-refractivity contribution in [3.05, 3.63) is 60.4 Å². The molecule has 0 N–H and O–H groups in total. The molecule has 4 nitrogen and oxygen atoms in total. The van der Waals surface area contributed by atoms with Gasteiger partial charge in [0.05, 0.1) is 12.4 Å². The van der Waals surface area contributed by atoms with E-state index in [1.165, 1.54) is 16.5 Å². The Hall–Kier alpha value is -3.01. The molecule has 0 unspecified atom stereocenters. The Labute approximate surface area is 132 Å². The van der Waals surface area contributed by atoms with Crippen molar-refractivity contribution in [2.24, 2.45) is 7.05 Å². The van der Waals surface area contributed by atoms with Crippen LogP contribution in [0.25, 0.3) is 38.6 Å². The van der Waals surface area contributed by atoms with Gasteiger partial charge in [-0.25, -0.2) is 14.5 Å². The molecular weight excluding hydrogens is 284 g/mol. The van der Waals surface area contributed by atoms with Crippen LogP contribution in [0, 0.1) is 6.92 Å². The second-order valence-corrected chi connectivity index (χ2v) is 5.93. The van der Waals surface area contributed by atoms with Crippen molar-refractivity contribution in [2.75, 3.05) is 0 Å². The number of benzene rings is 2. The van der Waals surface area contributed by atoms with Crippen LogP contribution in [0.15, 0.2) is 54.9 Å². The molecule has 0 aliphatic heterocycles. The number of para-hydroxylation sites is 2. The Bertz CT molecular complexity index is 1230. The number of aromatic nitrogens is 4. The summed E-state index contributed by atoms with van der Waals surface area (Å²) < 4.78 is 4.48. The molecule has 0 aliphatic carbocycles. The minimum absolute atomic E-state index is 0.900. The van der Waals surface area contributed by atoms with Gasteiger partial charge < -0.3 is 0 Å². The second kappa shape index (κ2) is 4.26. The molecule has 5 aromatic rings. The number of nitrogens with zero attached hydrogens (tertiary/aromatic N) is 4. The topological polar surface area (TPSA) is 34.1 Å². The number of hydrogen-bond donors (Lipinski definition) is 0. The van der Waals surface area contributed by atoms with Gasteiger partial charge in [0.1, 0.15) is 5.52 Å². The van der Waals surface area contributed by atoms with Crippen molar-refractivity contribution in [3.8, 4) is 0 Å². The van der Waals surface area contributed by atoms with E-state index in [4.69, 9.17) is 0 Å². The maximum Gasteiger partial charge on any atom is 0.297 e. The molecule has 0 aliphatic rings. The molecule has 0 bridgehead atoms. The maximum absolute atomic E-state index is 4.64. The van der Waals surface area contributed by atoms with Crippen LogP contribution < -0.4 is 4.57 Å². The molecule has 3 heterocycles. The molecular formula is C19H15N4+. The summed E-state index contributed by atoms with van der Waals surface area (Å²) in [5, 5.41) is 2.39. The smallest absolute Gasteiger partial charge is 0.248 e. The molecule has 3 aromatic heterocycles. The summed E-state index contributed by atoms with van der Waals surface area (Å²) in [7, 11) is 2.12. The minimum Gasteiger partial charge on any atom is -0.248 e. The first kappa shape index (κ1) is 12.5. The summed E-state index contributed by atoms with van der Waals surface area (Å²) in [6.07, 6.45) is 3.53. The monoisotopic (exact) mass is 299 g/mol. The number of pyridine rings is 1. The van der Waals surface area contributed by atoms with Gasteiger partial charge in [0.2, 0.25) is 0 Å². The van der Waals surface area contributed by atoms with Crippen LogP contribution in [0.1, 0.15) is 5.56 Å². The van der Waals surface area contributed by atoms with Crippen LogP contribution in [0.4, 0.5) is 0 Å². The number of rotatable bonds is 0. The quantitative estimate of drug-likeness (QED) is 0.325. The lowest BCUT2D eigenvalue weighted by atomic mass is 10.1. The standard InChI is InChI=1S/C19H15N4/c1-12-6-5-7-13-16(12)19-22(2)14-8-3-4-9-15(14)23(19)18-17(13)20-10-11-21-18/h3-11H,1-2H3/q+1. The predicted octanol–water partition coefficient (Wildman–Crippen LogP) is 3.32. The van der Waals surface area contributed by atoms with Crippen molar-refractivity contribution in [1.29, 1.82) is 0 Å². The SMILES string of the molecule is Cc1cccc2c3nccnc3n3c4ccccc4[n+](C)c3c12. The van der Waals surface area contributed by atoms with E-state index >= 15 is 0 Å². The Kier molecular flexibility index (Phi) is 2.32. The van der Waals surface area contributed by atoms with Crippen molar-refractivity contribution in [1.82, 2.24) is 14.4 Å². The molecule has 4 heteroatoms. The third-order valence-electron chi connectivity index (χ3n) is 4.66. The molecule has 0 radical (unpaired) electrons. The molecule has 5 rings (SSSR count). The van der Waals surface area contributed by atoms with Crippen LogP contribution in [-0.2, 0) is 7.05 Å². The molecule has 0 saturated heterocycles. The lowest BCUT2D eigenvalue weighted by Gasteiger charge is -2.05. The van der Waals surface area contributed by atoms with Crippen molar-refractivity contribution in [2.45, 2.75) is 6.92 Å². The van der Waals surface area contributed by atoms with Crippen LogP contribution in [-0.4, -0.2) is 14.4 Å². The summed E-state index contributed by atoms with van der Waals surface area (Å²) >= 11 is 0. The van der Waals surface area contributed by atoms with E-state index in [0.29, 0.717) is 0 Å². The molecule has 0 atom stereocenters. The van der Waals surface area contributed by atoms with Crippen molar-refractivity contribution in [3.63, 3.8) is 0 Å². The molecule has 0 fully saturated rings. The van der Waals surface area contributed by atoms with E-state index in [0.717, 1.165) is 27.7 Å². The number of aryl methyl sites for hydroxylation is 2. The van der Waals surface area contributed by atoms with Gasteiger partial charge in [-0.1, -0.05) is 30.3 Å². The number of hydrogen-bond acceptors (Lipinski definition) is 2. The molecule has 110 valence electrons.